The number of carbonyl (C=O) groups excluding carboxylic acids is 5. The number of imide groups is 1. The number of ether oxygens (including phenoxy) is 1. The van der Waals surface area contributed by atoms with Crippen molar-refractivity contribution < 1.29 is 33.5 Å². The highest BCUT2D eigenvalue weighted by molar-refractivity contribution is 6.21. The Morgan fingerprint density at radius 3 is 2.44 bits per heavy atom. The molecule has 11 heteroatoms. The van der Waals surface area contributed by atoms with Crippen molar-refractivity contribution in [2.24, 2.45) is 29.0 Å². The van der Waals surface area contributed by atoms with Gasteiger partial charge in [0.25, 0.3) is 11.8 Å². The fraction of sp³-hybridized carbons (Fsp3) is 0.486. The number of Topliss-reactive ketones (excluding diaryl/α,β-unsaturated/α-hetero) is 1. The van der Waals surface area contributed by atoms with E-state index in [9.17, 15) is 19.2 Å². The van der Waals surface area contributed by atoms with Gasteiger partial charge in [-0.05, 0) is 62.6 Å². The Kier molecular flexibility index (Phi) is 12.8. The lowest BCUT2D eigenvalue weighted by atomic mass is 9.66. The Morgan fingerprint density at radius 1 is 1.06 bits per heavy atom. The van der Waals surface area contributed by atoms with E-state index in [-0.39, 0.29) is 36.3 Å². The zero-order valence-electron chi connectivity index (χ0n) is 28.3. The second-order valence-electron chi connectivity index (χ2n) is 13.2. The highest BCUT2D eigenvalue weighted by Gasteiger charge is 2.52. The summed E-state index contributed by atoms with van der Waals surface area (Å²) in [5, 5.41) is 0. The van der Waals surface area contributed by atoms with E-state index in [1.54, 1.807) is 24.3 Å². The number of nitrogens with zero attached hydrogens (tertiary/aromatic N) is 1. The Labute approximate surface area is 282 Å². The van der Waals surface area contributed by atoms with Gasteiger partial charge in [-0.25, -0.2) is 16.2 Å². The lowest BCUT2D eigenvalue weighted by molar-refractivity contribution is -0.203. The topological polar surface area (TPSA) is 157 Å². The van der Waals surface area contributed by atoms with Crippen LogP contribution in [0.1, 0.15) is 97.6 Å². The quantitative estimate of drug-likeness (QED) is 0.0755. The third-order valence-electron chi connectivity index (χ3n) is 9.06. The molecule has 4 amide bonds. The van der Waals surface area contributed by atoms with Crippen molar-refractivity contribution in [3.63, 3.8) is 0 Å². The summed E-state index contributed by atoms with van der Waals surface area (Å²) in [5.74, 6) is 0.195. The second kappa shape index (κ2) is 16.8. The van der Waals surface area contributed by atoms with Crippen LogP contribution in [0.15, 0.2) is 54.6 Å². The third-order valence-corrected chi connectivity index (χ3v) is 9.06. The number of aryl methyl sites for hydroxylation is 1. The monoisotopic (exact) mass is 660 g/mol. The van der Waals surface area contributed by atoms with Crippen LogP contribution in [-0.2, 0) is 24.0 Å². The molecule has 0 spiro atoms. The number of fused-ring (bicyclic) bond motifs is 1. The largest absolute Gasteiger partial charge is 0.350 e. The number of hydrogen-bond donors (Lipinski definition) is 3. The first-order chi connectivity index (χ1) is 23.0. The van der Waals surface area contributed by atoms with Gasteiger partial charge in [0.1, 0.15) is 5.41 Å². The zero-order chi connectivity index (χ0) is 34.8. The first kappa shape index (κ1) is 36.6. The predicted octanol–water partition coefficient (Wildman–Crippen LogP) is 4.89. The van der Waals surface area contributed by atoms with Gasteiger partial charge >= 0.3 is 0 Å². The van der Waals surface area contributed by atoms with Crippen LogP contribution < -0.4 is 16.7 Å². The van der Waals surface area contributed by atoms with E-state index < -0.39 is 59.5 Å². The summed E-state index contributed by atoms with van der Waals surface area (Å²) in [6.45, 7) is 7.55. The molecule has 2 aliphatic heterocycles. The number of hydrazine groups is 1. The van der Waals surface area contributed by atoms with Gasteiger partial charge < -0.3 is 4.74 Å². The molecule has 2 aromatic carbocycles. The first-order valence-corrected chi connectivity index (χ1v) is 16.8. The van der Waals surface area contributed by atoms with Crippen molar-refractivity contribution in [2.45, 2.75) is 78.9 Å². The van der Waals surface area contributed by atoms with Gasteiger partial charge in [0.15, 0.2) is 12.1 Å². The molecule has 48 heavy (non-hydrogen) atoms. The smallest absolute Gasteiger partial charge is 0.261 e. The summed E-state index contributed by atoms with van der Waals surface area (Å²) in [4.78, 5) is 76.9. The Balaban J connectivity index is 1.80. The van der Waals surface area contributed by atoms with E-state index in [0.29, 0.717) is 19.4 Å². The molecule has 0 aliphatic carbocycles. The van der Waals surface area contributed by atoms with Crippen molar-refractivity contribution >= 4 is 35.5 Å². The van der Waals surface area contributed by atoms with Crippen LogP contribution in [0, 0.1) is 30.1 Å². The molecule has 0 radical (unpaired) electrons. The number of hydroxylamine groups is 1. The SMILES string of the molecule is CCCC(CC(C)C)(C(=O)NN)C(=O)[C@@H](CN1C(=O)c2ccc(C)cc2C1=O)[C@H](C/C=C/c1ccccc1)C(=O)NOC1CCCCO1. The van der Waals surface area contributed by atoms with Gasteiger partial charge in [-0.1, -0.05) is 81.3 Å². The van der Waals surface area contributed by atoms with Gasteiger partial charge in [-0.15, -0.1) is 0 Å². The van der Waals surface area contributed by atoms with Crippen LogP contribution >= 0.6 is 0 Å². The summed E-state index contributed by atoms with van der Waals surface area (Å²) in [6, 6.07) is 14.4. The second-order valence-corrected chi connectivity index (χ2v) is 13.2. The number of amides is 4. The van der Waals surface area contributed by atoms with Crippen LogP contribution in [0.4, 0.5) is 0 Å². The minimum Gasteiger partial charge on any atom is -0.350 e. The minimum atomic E-state index is -1.62. The summed E-state index contributed by atoms with van der Waals surface area (Å²) >= 11 is 0. The maximum atomic E-state index is 15.1. The van der Waals surface area contributed by atoms with E-state index in [0.717, 1.165) is 28.9 Å². The number of nitrogens with one attached hydrogen (secondary N) is 2. The molecule has 2 unspecified atom stereocenters. The third kappa shape index (κ3) is 8.44. The number of hydrogen-bond acceptors (Lipinski definition) is 8. The lowest BCUT2D eigenvalue weighted by Gasteiger charge is -2.38. The molecular weight excluding hydrogens is 612 g/mol. The molecular formula is C37H48N4O7. The number of ketones is 1. The number of carbonyl (C=O) groups is 5. The van der Waals surface area contributed by atoms with Crippen molar-refractivity contribution in [3.8, 4) is 0 Å². The molecule has 258 valence electrons. The van der Waals surface area contributed by atoms with Crippen LogP contribution in [0.5, 0.6) is 0 Å². The highest BCUT2D eigenvalue weighted by atomic mass is 16.8. The van der Waals surface area contributed by atoms with E-state index in [1.165, 1.54) is 0 Å². The van der Waals surface area contributed by atoms with E-state index in [4.69, 9.17) is 15.4 Å². The number of allylic oxidation sites excluding steroid dienone is 1. The molecule has 4 rings (SSSR count). The molecule has 4 N–H and O–H groups in total. The number of nitrogens with two attached hydrogens (primary N) is 1. The molecule has 0 aromatic heterocycles. The van der Waals surface area contributed by atoms with E-state index in [2.05, 4.69) is 10.9 Å². The summed E-state index contributed by atoms with van der Waals surface area (Å²) < 4.78 is 5.63. The van der Waals surface area contributed by atoms with Gasteiger partial charge in [0.2, 0.25) is 11.8 Å². The highest BCUT2D eigenvalue weighted by Crippen LogP contribution is 2.40. The standard InChI is InChI=1S/C37H48N4O7/c1-5-19-37(22-24(2)3,36(46)39-38)32(42)30(23-41-34(44)28-18-17-25(4)21-29(28)35(41)45)27(15-11-14-26-12-7-6-8-13-26)33(43)40-48-31-16-9-10-20-47-31/h6-8,11-14,17-18,21,24,27,30-31H,5,9-10,15-16,19-20,22-23,38H2,1-4H3,(H,39,46)(H,40,43)/b14-11+/t27-,30-,31?,37?/m0/s1. The van der Waals surface area contributed by atoms with Gasteiger partial charge in [0, 0.05) is 25.5 Å². The number of benzene rings is 2. The predicted molar refractivity (Wildman–Crippen MR) is 181 cm³/mol. The first-order valence-electron chi connectivity index (χ1n) is 16.8. The molecule has 1 saturated heterocycles. The van der Waals surface area contributed by atoms with E-state index >= 15 is 4.79 Å². The molecule has 4 atom stereocenters. The van der Waals surface area contributed by atoms with Crippen LogP contribution in [-0.4, -0.2) is 53.8 Å². The Hall–Kier alpha value is -4.19. The molecule has 1 fully saturated rings. The fourth-order valence-corrected chi connectivity index (χ4v) is 6.79. The Morgan fingerprint density at radius 2 is 1.79 bits per heavy atom. The molecule has 2 aromatic rings. The molecule has 0 saturated carbocycles. The maximum Gasteiger partial charge on any atom is 0.261 e. The minimum absolute atomic E-state index is 0.0441. The van der Waals surface area contributed by atoms with Crippen molar-refractivity contribution in [1.82, 2.24) is 15.8 Å². The number of rotatable bonds is 16. The van der Waals surface area contributed by atoms with Gasteiger partial charge in [-0.2, -0.15) is 0 Å². The molecule has 11 nitrogen and oxygen atoms in total. The van der Waals surface area contributed by atoms with Crippen LogP contribution in [0.25, 0.3) is 6.08 Å². The van der Waals surface area contributed by atoms with Crippen molar-refractivity contribution in [1.29, 1.82) is 0 Å². The van der Waals surface area contributed by atoms with Crippen LogP contribution in [0.3, 0.4) is 0 Å². The maximum absolute atomic E-state index is 15.1. The van der Waals surface area contributed by atoms with Crippen LogP contribution in [0.2, 0.25) is 0 Å². The average molecular weight is 661 g/mol. The van der Waals surface area contributed by atoms with Crippen molar-refractivity contribution in [3.05, 3.63) is 76.9 Å². The molecule has 0 bridgehead atoms. The fourth-order valence-electron chi connectivity index (χ4n) is 6.79. The zero-order valence-corrected chi connectivity index (χ0v) is 28.3. The van der Waals surface area contributed by atoms with E-state index in [1.807, 2.05) is 64.1 Å². The lowest BCUT2D eigenvalue weighted by Crippen LogP contribution is -2.56. The van der Waals surface area contributed by atoms with Gasteiger partial charge in [-0.3, -0.25) is 34.3 Å². The summed E-state index contributed by atoms with van der Waals surface area (Å²) in [5.41, 5.74) is 5.23. The average Bonchev–Trinajstić information content (AvgIpc) is 3.31. The Bertz CT molecular complexity index is 1500. The molecule has 2 heterocycles. The molecule has 2 aliphatic rings. The van der Waals surface area contributed by atoms with Gasteiger partial charge in [0.05, 0.1) is 17.0 Å². The summed E-state index contributed by atoms with van der Waals surface area (Å²) in [7, 11) is 0. The normalized spacial score (nSPS) is 18.8. The summed E-state index contributed by atoms with van der Waals surface area (Å²) in [6.07, 6.45) is 6.11. The van der Waals surface area contributed by atoms with Crippen molar-refractivity contribution in [2.75, 3.05) is 13.2 Å².